The third kappa shape index (κ3) is 3.36. The molecule has 0 unspecified atom stereocenters. The van der Waals surface area contributed by atoms with E-state index in [0.717, 1.165) is 13.0 Å². The molecule has 1 aliphatic rings. The lowest BCUT2D eigenvalue weighted by Crippen LogP contribution is -2.11. The molecule has 0 saturated carbocycles. The van der Waals surface area contributed by atoms with Crippen LogP contribution in [0.15, 0.2) is 11.3 Å². The predicted octanol–water partition coefficient (Wildman–Crippen LogP) is 4.39. The summed E-state index contributed by atoms with van der Waals surface area (Å²) in [7, 11) is 0. The molecule has 0 spiro atoms. The molecular weight excluding hydrogens is 172 g/mol. The van der Waals surface area contributed by atoms with Crippen LogP contribution < -0.4 is 0 Å². The first-order valence-electron chi connectivity index (χ1n) is 5.79. The van der Waals surface area contributed by atoms with Crippen molar-refractivity contribution in [3.63, 3.8) is 0 Å². The monoisotopic (exact) mass is 198 g/mol. The van der Waals surface area contributed by atoms with E-state index in [4.69, 9.17) is 4.74 Å². The largest absolute Gasteiger partial charge is 0.497 e. The zero-order valence-corrected chi connectivity index (χ0v) is 10.9. The average molecular weight is 198 g/mol. The van der Waals surface area contributed by atoms with Gasteiger partial charge in [-0.2, -0.15) is 0 Å². The Morgan fingerprint density at radius 2 is 1.64 bits per heavy atom. The molecule has 1 rings (SSSR count). The lowest BCUT2D eigenvalue weighted by molar-refractivity contribution is 0.215. The third-order valence-corrected chi connectivity index (χ3v) is 2.34. The highest BCUT2D eigenvalue weighted by atomic mass is 16.5. The maximum absolute atomic E-state index is 5.63. The van der Waals surface area contributed by atoms with Gasteiger partial charge < -0.3 is 4.74 Å². The summed E-state index contributed by atoms with van der Waals surface area (Å²) in [5.74, 6) is 1.78. The first-order valence-corrected chi connectivity index (χ1v) is 5.79. The van der Waals surface area contributed by atoms with E-state index in [0.29, 0.717) is 5.92 Å². The zero-order chi connectivity index (χ0) is 11.4. The minimum Gasteiger partial charge on any atom is -0.497 e. The van der Waals surface area contributed by atoms with E-state index in [1.807, 2.05) is 13.8 Å². The summed E-state index contributed by atoms with van der Waals surface area (Å²) in [5.41, 5.74) is 1.80. The van der Waals surface area contributed by atoms with Crippen LogP contribution >= 0.6 is 0 Å². The highest BCUT2D eigenvalue weighted by Crippen LogP contribution is 2.37. The van der Waals surface area contributed by atoms with Crippen LogP contribution in [0.25, 0.3) is 0 Å². The Morgan fingerprint density at radius 1 is 1.14 bits per heavy atom. The van der Waals surface area contributed by atoms with Crippen molar-refractivity contribution < 1.29 is 4.74 Å². The van der Waals surface area contributed by atoms with Gasteiger partial charge in [-0.1, -0.05) is 48.5 Å². The van der Waals surface area contributed by atoms with Crippen molar-refractivity contribution in [3.8, 4) is 0 Å². The molecule has 0 saturated heterocycles. The molecule has 14 heavy (non-hydrogen) atoms. The van der Waals surface area contributed by atoms with Crippen LogP contribution in [-0.4, -0.2) is 6.61 Å². The second-order valence-corrected chi connectivity index (χ2v) is 4.85. The Hall–Kier alpha value is -0.460. The van der Waals surface area contributed by atoms with Crippen LogP contribution in [-0.2, 0) is 4.74 Å². The fraction of sp³-hybridized carbons (Fsp3) is 0.846. The Balaban J connectivity index is 0.000000791. The van der Waals surface area contributed by atoms with Crippen molar-refractivity contribution in [1.29, 1.82) is 0 Å². The van der Waals surface area contributed by atoms with Gasteiger partial charge in [0.2, 0.25) is 0 Å². The molecule has 0 aliphatic carbocycles. The zero-order valence-electron chi connectivity index (χ0n) is 10.9. The van der Waals surface area contributed by atoms with Crippen molar-refractivity contribution in [3.05, 3.63) is 11.3 Å². The Bertz CT molecular complexity index is 194. The molecule has 0 aromatic heterocycles. The first kappa shape index (κ1) is 13.5. The summed E-state index contributed by atoms with van der Waals surface area (Å²) in [6.07, 6.45) is 1.12. The topological polar surface area (TPSA) is 9.23 Å². The van der Waals surface area contributed by atoms with Crippen molar-refractivity contribution in [2.75, 3.05) is 6.61 Å². The molecule has 1 aliphatic heterocycles. The van der Waals surface area contributed by atoms with Gasteiger partial charge >= 0.3 is 0 Å². The summed E-state index contributed by atoms with van der Waals surface area (Å²) in [4.78, 5) is 0. The molecule has 0 radical (unpaired) electrons. The second kappa shape index (κ2) is 5.43. The molecule has 0 fully saturated rings. The number of ether oxygens (including phenoxy) is 1. The van der Waals surface area contributed by atoms with Crippen LogP contribution in [0.2, 0.25) is 0 Å². The minimum absolute atomic E-state index is 0.288. The number of allylic oxidation sites excluding steroid dienone is 1. The summed E-state index contributed by atoms with van der Waals surface area (Å²) in [5, 5.41) is 0. The highest BCUT2D eigenvalue weighted by Gasteiger charge is 2.27. The molecule has 1 nitrogen and oxygen atoms in total. The Labute approximate surface area is 89.5 Å². The molecule has 0 aromatic rings. The minimum atomic E-state index is 0.288. The smallest absolute Gasteiger partial charge is 0.0983 e. The maximum atomic E-state index is 5.63. The van der Waals surface area contributed by atoms with E-state index in [-0.39, 0.29) is 5.41 Å². The SMILES string of the molecule is CC.CC(C)C1=C(C(C)(C)C)CCO1. The van der Waals surface area contributed by atoms with Crippen LogP contribution in [0.4, 0.5) is 0 Å². The average Bonchev–Trinajstić information content (AvgIpc) is 2.54. The van der Waals surface area contributed by atoms with Crippen molar-refractivity contribution in [1.82, 2.24) is 0 Å². The van der Waals surface area contributed by atoms with Gasteiger partial charge in [-0.05, 0) is 11.0 Å². The van der Waals surface area contributed by atoms with Crippen LogP contribution in [0, 0.1) is 11.3 Å². The van der Waals surface area contributed by atoms with E-state index < -0.39 is 0 Å². The van der Waals surface area contributed by atoms with Gasteiger partial charge in [0.25, 0.3) is 0 Å². The van der Waals surface area contributed by atoms with E-state index in [9.17, 15) is 0 Å². The molecule has 0 aromatic carbocycles. The van der Waals surface area contributed by atoms with Crippen LogP contribution in [0.3, 0.4) is 0 Å². The van der Waals surface area contributed by atoms with Crippen molar-refractivity contribution >= 4 is 0 Å². The van der Waals surface area contributed by atoms with Gasteiger partial charge in [-0.25, -0.2) is 0 Å². The normalized spacial score (nSPS) is 16.6. The first-order chi connectivity index (χ1) is 6.43. The summed E-state index contributed by atoms with van der Waals surface area (Å²) < 4.78 is 5.63. The lowest BCUT2D eigenvalue weighted by atomic mass is 9.83. The molecule has 1 heteroatoms. The fourth-order valence-corrected chi connectivity index (χ4v) is 1.73. The maximum Gasteiger partial charge on any atom is 0.0983 e. The van der Waals surface area contributed by atoms with Gasteiger partial charge in [0.1, 0.15) is 0 Å². The number of rotatable bonds is 1. The fourth-order valence-electron chi connectivity index (χ4n) is 1.73. The van der Waals surface area contributed by atoms with Gasteiger partial charge in [0, 0.05) is 12.3 Å². The van der Waals surface area contributed by atoms with Crippen molar-refractivity contribution in [2.45, 2.75) is 54.9 Å². The third-order valence-electron chi connectivity index (χ3n) is 2.34. The van der Waals surface area contributed by atoms with E-state index >= 15 is 0 Å². The summed E-state index contributed by atoms with van der Waals surface area (Å²) in [6.45, 7) is 16.1. The standard InChI is InChI=1S/C11H20O.C2H6/c1-8(2)10-9(6-7-12-10)11(3,4)5;1-2/h8H,6-7H2,1-5H3;1-2H3. The van der Waals surface area contributed by atoms with Crippen molar-refractivity contribution in [2.24, 2.45) is 11.3 Å². The van der Waals surface area contributed by atoms with Crippen LogP contribution in [0.5, 0.6) is 0 Å². The molecule has 0 atom stereocenters. The van der Waals surface area contributed by atoms with Gasteiger partial charge in [0.15, 0.2) is 0 Å². The van der Waals surface area contributed by atoms with Gasteiger partial charge in [-0.3, -0.25) is 0 Å². The molecule has 84 valence electrons. The molecule has 0 amide bonds. The highest BCUT2D eigenvalue weighted by molar-refractivity contribution is 5.20. The van der Waals surface area contributed by atoms with E-state index in [1.54, 1.807) is 0 Å². The predicted molar refractivity (Wildman–Crippen MR) is 63.2 cm³/mol. The number of hydrogen-bond acceptors (Lipinski definition) is 1. The molecule has 1 heterocycles. The Morgan fingerprint density at radius 3 is 1.93 bits per heavy atom. The van der Waals surface area contributed by atoms with Gasteiger partial charge in [-0.15, -0.1) is 0 Å². The van der Waals surface area contributed by atoms with Gasteiger partial charge in [0.05, 0.1) is 12.4 Å². The molecule has 0 bridgehead atoms. The quantitative estimate of drug-likeness (QED) is 0.607. The number of hydrogen-bond donors (Lipinski definition) is 0. The van der Waals surface area contributed by atoms with E-state index in [1.165, 1.54) is 11.3 Å². The Kier molecular flexibility index (Phi) is 5.25. The molecular formula is C13H26O. The van der Waals surface area contributed by atoms with Crippen LogP contribution in [0.1, 0.15) is 54.9 Å². The summed E-state index contributed by atoms with van der Waals surface area (Å²) in [6, 6.07) is 0. The second-order valence-electron chi connectivity index (χ2n) is 4.85. The molecule has 0 N–H and O–H groups in total. The van der Waals surface area contributed by atoms with E-state index in [2.05, 4.69) is 34.6 Å². The lowest BCUT2D eigenvalue weighted by Gasteiger charge is -2.22. The summed E-state index contributed by atoms with van der Waals surface area (Å²) >= 11 is 0.